The summed E-state index contributed by atoms with van der Waals surface area (Å²) in [5, 5.41) is 7.29. The Bertz CT molecular complexity index is 960. The summed E-state index contributed by atoms with van der Waals surface area (Å²) in [6.45, 7) is 1.67. The molecule has 1 aliphatic heterocycles. The van der Waals surface area contributed by atoms with Gasteiger partial charge in [-0.3, -0.25) is 19.3 Å². The summed E-state index contributed by atoms with van der Waals surface area (Å²) >= 11 is 7.30. The number of hydrogen-bond acceptors (Lipinski definition) is 6. The minimum Gasteiger partial charge on any atom is -0.360 e. The number of amides is 3. The van der Waals surface area contributed by atoms with Gasteiger partial charge in [0.25, 0.3) is 11.1 Å². The third-order valence-corrected chi connectivity index (χ3v) is 6.55. The summed E-state index contributed by atoms with van der Waals surface area (Å²) < 4.78 is 5.28. The van der Waals surface area contributed by atoms with Crippen LogP contribution < -0.4 is 5.32 Å². The highest BCUT2D eigenvalue weighted by molar-refractivity contribution is 8.14. The van der Waals surface area contributed by atoms with E-state index in [2.05, 4.69) is 10.5 Å². The van der Waals surface area contributed by atoms with Gasteiger partial charge in [-0.25, -0.2) is 0 Å². The van der Waals surface area contributed by atoms with Gasteiger partial charge in [0.15, 0.2) is 0 Å². The predicted octanol–water partition coefficient (Wildman–Crippen LogP) is 4.04. The number of carbonyl (C=O) groups is 3. The smallest absolute Gasteiger partial charge is 0.289 e. The van der Waals surface area contributed by atoms with Crippen molar-refractivity contribution in [3.63, 3.8) is 0 Å². The van der Waals surface area contributed by atoms with Gasteiger partial charge >= 0.3 is 0 Å². The van der Waals surface area contributed by atoms with Crippen molar-refractivity contribution in [2.75, 3.05) is 5.75 Å². The lowest BCUT2D eigenvalue weighted by molar-refractivity contribution is -0.127. The average molecular weight is 434 g/mol. The molecule has 4 rings (SSSR count). The van der Waals surface area contributed by atoms with E-state index in [0.29, 0.717) is 40.4 Å². The Morgan fingerprint density at radius 2 is 2.03 bits per heavy atom. The molecule has 29 heavy (non-hydrogen) atoms. The molecule has 1 N–H and O–H groups in total. The van der Waals surface area contributed by atoms with Crippen molar-refractivity contribution in [2.24, 2.45) is 0 Å². The second kappa shape index (κ2) is 8.20. The van der Waals surface area contributed by atoms with E-state index in [1.54, 1.807) is 25.1 Å². The molecule has 0 unspecified atom stereocenters. The van der Waals surface area contributed by atoms with Crippen LogP contribution in [0.15, 0.2) is 28.8 Å². The fraction of sp³-hybridized carbons (Fsp3) is 0.400. The Hall–Kier alpha value is -2.32. The Labute approximate surface area is 177 Å². The molecule has 0 spiro atoms. The number of hydrogen-bond donors (Lipinski definition) is 1. The fourth-order valence-corrected chi connectivity index (χ4v) is 4.98. The summed E-state index contributed by atoms with van der Waals surface area (Å²) in [7, 11) is 0. The van der Waals surface area contributed by atoms with Gasteiger partial charge in [0, 0.05) is 5.56 Å². The highest BCUT2D eigenvalue weighted by Gasteiger charge is 2.41. The number of benzene rings is 1. The molecule has 2 aromatic rings. The third-order valence-electron chi connectivity index (χ3n) is 5.38. The lowest BCUT2D eigenvalue weighted by atomic mass is 9.89. The van der Waals surface area contributed by atoms with Crippen LogP contribution in [0.25, 0.3) is 11.3 Å². The van der Waals surface area contributed by atoms with Crippen LogP contribution >= 0.6 is 23.4 Å². The molecule has 9 heteroatoms. The molecule has 7 nitrogen and oxygen atoms in total. The van der Waals surface area contributed by atoms with E-state index in [9.17, 15) is 14.4 Å². The predicted molar refractivity (Wildman–Crippen MR) is 110 cm³/mol. The van der Waals surface area contributed by atoms with Crippen LogP contribution in [0.1, 0.15) is 41.8 Å². The first-order valence-electron chi connectivity index (χ1n) is 9.48. The molecule has 2 aliphatic rings. The number of thioether (sulfide) groups is 1. The highest BCUT2D eigenvalue weighted by atomic mass is 35.5. The number of aryl methyl sites for hydroxylation is 1. The van der Waals surface area contributed by atoms with E-state index in [1.807, 2.05) is 6.07 Å². The highest BCUT2D eigenvalue weighted by Crippen LogP contribution is 2.33. The van der Waals surface area contributed by atoms with Crippen LogP contribution in [0.4, 0.5) is 4.79 Å². The van der Waals surface area contributed by atoms with Gasteiger partial charge in [0.05, 0.1) is 22.9 Å². The van der Waals surface area contributed by atoms with Crippen LogP contribution in [0.3, 0.4) is 0 Å². The molecule has 1 aliphatic carbocycles. The summed E-state index contributed by atoms with van der Waals surface area (Å²) in [6.07, 6.45) is 3.22. The molecule has 1 saturated heterocycles. The van der Waals surface area contributed by atoms with E-state index < -0.39 is 0 Å². The van der Waals surface area contributed by atoms with Crippen LogP contribution in [0.5, 0.6) is 0 Å². The second-order valence-corrected chi connectivity index (χ2v) is 8.53. The molecule has 2 atom stereocenters. The first-order valence-corrected chi connectivity index (χ1v) is 10.8. The van der Waals surface area contributed by atoms with Gasteiger partial charge in [-0.05, 0) is 25.8 Å². The topological polar surface area (TPSA) is 92.5 Å². The van der Waals surface area contributed by atoms with Crippen molar-refractivity contribution in [2.45, 2.75) is 44.7 Å². The SMILES string of the molecule is Cc1onc(-c2ccccc2Cl)c1C(=O)N[C@H]1CCCC[C@@H]1N1C(=O)CSC1=O. The van der Waals surface area contributed by atoms with E-state index in [1.165, 1.54) is 4.90 Å². The molecule has 2 heterocycles. The zero-order valence-electron chi connectivity index (χ0n) is 15.8. The zero-order chi connectivity index (χ0) is 20.5. The van der Waals surface area contributed by atoms with Gasteiger partial charge < -0.3 is 9.84 Å². The van der Waals surface area contributed by atoms with Gasteiger partial charge in [-0.2, -0.15) is 0 Å². The lowest BCUT2D eigenvalue weighted by Crippen LogP contribution is -2.54. The standard InChI is InChI=1S/C20H20ClN3O4S/c1-11-17(18(23-28-11)12-6-2-3-7-13(12)21)19(26)22-14-8-4-5-9-15(14)24-16(25)10-29-20(24)27/h2-3,6-7,14-15H,4-5,8-10H2,1H3,(H,22,26)/t14-,15-/m0/s1. The molecule has 1 aromatic carbocycles. The van der Waals surface area contributed by atoms with Crippen LogP contribution in [0.2, 0.25) is 5.02 Å². The summed E-state index contributed by atoms with van der Waals surface area (Å²) in [5.41, 5.74) is 1.30. The minimum atomic E-state index is -0.345. The summed E-state index contributed by atoms with van der Waals surface area (Å²) in [6, 6.07) is 6.48. The number of nitrogens with one attached hydrogen (secondary N) is 1. The van der Waals surface area contributed by atoms with Gasteiger partial charge in [-0.15, -0.1) is 0 Å². The quantitative estimate of drug-likeness (QED) is 0.782. The number of carbonyl (C=O) groups excluding carboxylic acids is 3. The summed E-state index contributed by atoms with van der Waals surface area (Å²) in [5.74, 6) is 0.0114. The lowest BCUT2D eigenvalue weighted by Gasteiger charge is -2.36. The van der Waals surface area contributed by atoms with E-state index in [4.69, 9.17) is 16.1 Å². The molecule has 1 saturated carbocycles. The van der Waals surface area contributed by atoms with Crippen molar-refractivity contribution in [1.82, 2.24) is 15.4 Å². The number of rotatable bonds is 4. The Balaban J connectivity index is 1.61. The van der Waals surface area contributed by atoms with Crippen molar-refractivity contribution < 1.29 is 18.9 Å². The maximum Gasteiger partial charge on any atom is 0.289 e. The maximum atomic E-state index is 13.2. The Kier molecular flexibility index (Phi) is 5.65. The molecule has 0 radical (unpaired) electrons. The van der Waals surface area contributed by atoms with Gasteiger partial charge in [0.2, 0.25) is 5.91 Å². The van der Waals surface area contributed by atoms with Crippen LogP contribution in [-0.2, 0) is 4.79 Å². The molecule has 152 valence electrons. The normalized spacial score (nSPS) is 22.2. The van der Waals surface area contributed by atoms with E-state index in [0.717, 1.165) is 24.6 Å². The molecule has 2 fully saturated rings. The van der Waals surface area contributed by atoms with Crippen molar-refractivity contribution in [3.8, 4) is 11.3 Å². The maximum absolute atomic E-state index is 13.2. The molecular formula is C20H20ClN3O4S. The molecule has 1 aromatic heterocycles. The Morgan fingerprint density at radius 1 is 1.28 bits per heavy atom. The van der Waals surface area contributed by atoms with E-state index in [-0.39, 0.29) is 34.9 Å². The average Bonchev–Trinajstić information content (AvgIpc) is 3.25. The fourth-order valence-electron chi connectivity index (χ4n) is 3.99. The molecule has 0 bridgehead atoms. The van der Waals surface area contributed by atoms with Crippen LogP contribution in [-0.4, -0.2) is 44.9 Å². The number of aromatic nitrogens is 1. The van der Waals surface area contributed by atoms with Crippen LogP contribution in [0, 0.1) is 6.92 Å². The minimum absolute atomic E-state index is 0.164. The Morgan fingerprint density at radius 3 is 2.76 bits per heavy atom. The zero-order valence-corrected chi connectivity index (χ0v) is 17.4. The first kappa shape index (κ1) is 20.0. The summed E-state index contributed by atoms with van der Waals surface area (Å²) in [4.78, 5) is 38.9. The largest absolute Gasteiger partial charge is 0.360 e. The first-order chi connectivity index (χ1) is 14.0. The monoisotopic (exact) mass is 433 g/mol. The van der Waals surface area contributed by atoms with Gasteiger partial charge in [-0.1, -0.05) is 59.6 Å². The van der Waals surface area contributed by atoms with E-state index >= 15 is 0 Å². The van der Waals surface area contributed by atoms with Crippen molar-refractivity contribution >= 4 is 40.4 Å². The number of nitrogens with zero attached hydrogens (tertiary/aromatic N) is 2. The van der Waals surface area contributed by atoms with Crippen molar-refractivity contribution in [1.29, 1.82) is 0 Å². The second-order valence-electron chi connectivity index (χ2n) is 7.19. The molecular weight excluding hydrogens is 414 g/mol. The molecule has 3 amide bonds. The number of halogens is 1. The third kappa shape index (κ3) is 3.79. The van der Waals surface area contributed by atoms with Crippen molar-refractivity contribution in [3.05, 3.63) is 40.6 Å². The van der Waals surface area contributed by atoms with Gasteiger partial charge in [0.1, 0.15) is 17.0 Å². The number of imide groups is 1.